The molecule has 0 aliphatic heterocycles. The van der Waals surface area contributed by atoms with Crippen molar-refractivity contribution < 1.29 is 9.90 Å². The number of amides is 1. The lowest BCUT2D eigenvalue weighted by atomic mass is 10.0. The highest BCUT2D eigenvalue weighted by Gasteiger charge is 2.14. The van der Waals surface area contributed by atoms with Crippen LogP contribution in [0.5, 0.6) is 5.75 Å². The summed E-state index contributed by atoms with van der Waals surface area (Å²) in [5.74, 6) is -0.0447. The molecular weight excluding hydrogens is 480 g/mol. The molecule has 5 rings (SSSR count). The van der Waals surface area contributed by atoms with Gasteiger partial charge in [0.05, 0.1) is 29.5 Å². The monoisotopic (exact) mass is 500 g/mol. The maximum atomic E-state index is 12.5. The van der Waals surface area contributed by atoms with Gasteiger partial charge in [0, 0.05) is 10.6 Å². The van der Waals surface area contributed by atoms with Crippen LogP contribution < -0.4 is 5.43 Å². The molecule has 0 saturated heterocycles. The maximum Gasteiger partial charge on any atom is 0.250 e. The van der Waals surface area contributed by atoms with Gasteiger partial charge in [-0.1, -0.05) is 84.0 Å². The van der Waals surface area contributed by atoms with Gasteiger partial charge in [-0.15, -0.1) is 0 Å². The number of fused-ring (bicyclic) bond motifs is 2. The molecule has 0 atom stereocenters. The number of aromatic nitrogens is 2. The van der Waals surface area contributed by atoms with Crippen LogP contribution in [-0.2, 0) is 11.3 Å². The van der Waals surface area contributed by atoms with Gasteiger partial charge in [0.2, 0.25) is 0 Å². The fourth-order valence-corrected chi connectivity index (χ4v) is 4.87. The Bertz CT molecular complexity index is 1560. The van der Waals surface area contributed by atoms with Gasteiger partial charge in [-0.05, 0) is 40.6 Å². The van der Waals surface area contributed by atoms with E-state index in [0.717, 1.165) is 32.5 Å². The van der Waals surface area contributed by atoms with Crippen LogP contribution in [0.1, 0.15) is 11.1 Å². The molecule has 174 valence electrons. The summed E-state index contributed by atoms with van der Waals surface area (Å²) < 4.78 is 2.06. The molecule has 5 aromatic rings. The van der Waals surface area contributed by atoms with Gasteiger partial charge in [-0.2, -0.15) is 5.10 Å². The van der Waals surface area contributed by atoms with Crippen molar-refractivity contribution in [3.8, 4) is 5.75 Å². The summed E-state index contributed by atoms with van der Waals surface area (Å²) in [5.41, 5.74) is 5.90. The van der Waals surface area contributed by atoms with Gasteiger partial charge in [0.15, 0.2) is 5.16 Å². The summed E-state index contributed by atoms with van der Waals surface area (Å²) in [4.78, 5) is 17.2. The molecule has 6 nitrogen and oxygen atoms in total. The molecule has 8 heteroatoms. The zero-order chi connectivity index (χ0) is 24.2. The number of imidazole rings is 1. The lowest BCUT2D eigenvalue weighted by molar-refractivity contribution is -0.118. The van der Waals surface area contributed by atoms with E-state index in [-0.39, 0.29) is 17.4 Å². The molecule has 2 N–H and O–H groups in total. The molecule has 1 amide bonds. The number of carbonyl (C=O) groups is 1. The normalized spacial score (nSPS) is 11.5. The largest absolute Gasteiger partial charge is 0.507 e. The van der Waals surface area contributed by atoms with Gasteiger partial charge in [0.1, 0.15) is 5.75 Å². The Morgan fingerprint density at radius 2 is 1.80 bits per heavy atom. The number of nitrogens with zero attached hydrogens (tertiary/aromatic N) is 3. The van der Waals surface area contributed by atoms with Crippen LogP contribution in [0, 0.1) is 0 Å². The number of thioether (sulfide) groups is 1. The first-order valence-corrected chi connectivity index (χ1v) is 12.3. The summed E-state index contributed by atoms with van der Waals surface area (Å²) in [6.07, 6.45) is 1.47. The topological polar surface area (TPSA) is 79.5 Å². The number of hydrazone groups is 1. The number of nitrogens with one attached hydrogen (secondary N) is 1. The van der Waals surface area contributed by atoms with Gasteiger partial charge in [0.25, 0.3) is 5.91 Å². The number of benzene rings is 4. The molecule has 0 aliphatic carbocycles. The highest BCUT2D eigenvalue weighted by Crippen LogP contribution is 2.27. The lowest BCUT2D eigenvalue weighted by Gasteiger charge is -2.10. The summed E-state index contributed by atoms with van der Waals surface area (Å²) in [5, 5.41) is 17.5. The molecule has 0 unspecified atom stereocenters. The maximum absolute atomic E-state index is 12.5. The van der Waals surface area contributed by atoms with Crippen molar-refractivity contribution in [2.75, 3.05) is 5.75 Å². The third-order valence-electron chi connectivity index (χ3n) is 5.57. The summed E-state index contributed by atoms with van der Waals surface area (Å²) in [7, 11) is 0. The number of aromatic hydroxyl groups is 1. The van der Waals surface area contributed by atoms with E-state index < -0.39 is 0 Å². The molecule has 0 saturated carbocycles. The van der Waals surface area contributed by atoms with E-state index in [9.17, 15) is 9.90 Å². The number of rotatable bonds is 7. The number of halogens is 1. The Morgan fingerprint density at radius 1 is 1.03 bits per heavy atom. The number of hydrogen-bond donors (Lipinski definition) is 2. The molecule has 4 aromatic carbocycles. The van der Waals surface area contributed by atoms with Gasteiger partial charge >= 0.3 is 0 Å². The summed E-state index contributed by atoms with van der Waals surface area (Å²) in [6, 6.07) is 26.7. The highest BCUT2D eigenvalue weighted by molar-refractivity contribution is 7.99. The van der Waals surface area contributed by atoms with E-state index in [2.05, 4.69) is 15.1 Å². The molecule has 0 aliphatic rings. The third kappa shape index (κ3) is 5.01. The zero-order valence-electron chi connectivity index (χ0n) is 18.6. The predicted octanol–water partition coefficient (Wildman–Crippen LogP) is 5.84. The molecule has 0 fully saturated rings. The molecular formula is C27H21ClN4O2S. The minimum Gasteiger partial charge on any atom is -0.507 e. The molecule has 0 bridgehead atoms. The fourth-order valence-electron chi connectivity index (χ4n) is 3.86. The smallest absolute Gasteiger partial charge is 0.250 e. The van der Waals surface area contributed by atoms with Gasteiger partial charge in [-0.25, -0.2) is 10.4 Å². The third-order valence-corrected chi connectivity index (χ3v) is 6.91. The van der Waals surface area contributed by atoms with E-state index >= 15 is 0 Å². The van der Waals surface area contributed by atoms with E-state index in [4.69, 9.17) is 16.6 Å². The Kier molecular flexibility index (Phi) is 6.70. The minimum absolute atomic E-state index is 0.101. The van der Waals surface area contributed by atoms with E-state index in [0.29, 0.717) is 17.1 Å². The van der Waals surface area contributed by atoms with Crippen molar-refractivity contribution in [1.82, 2.24) is 15.0 Å². The van der Waals surface area contributed by atoms with E-state index in [1.54, 1.807) is 6.07 Å². The van der Waals surface area contributed by atoms with Crippen LogP contribution in [-0.4, -0.2) is 32.5 Å². The van der Waals surface area contributed by atoms with Crippen LogP contribution in [0.4, 0.5) is 0 Å². The van der Waals surface area contributed by atoms with Crippen molar-refractivity contribution in [1.29, 1.82) is 0 Å². The quantitative estimate of drug-likeness (QED) is 0.167. The van der Waals surface area contributed by atoms with Gasteiger partial charge in [-0.3, -0.25) is 4.79 Å². The van der Waals surface area contributed by atoms with Crippen LogP contribution in [0.15, 0.2) is 95.2 Å². The Hall–Kier alpha value is -3.81. The van der Waals surface area contributed by atoms with E-state index in [1.165, 1.54) is 18.0 Å². The predicted molar refractivity (Wildman–Crippen MR) is 142 cm³/mol. The lowest BCUT2D eigenvalue weighted by Crippen LogP contribution is -2.20. The Labute approximate surface area is 211 Å². The second-order valence-corrected chi connectivity index (χ2v) is 9.21. The minimum atomic E-state index is -0.276. The average Bonchev–Trinajstić information content (AvgIpc) is 3.22. The summed E-state index contributed by atoms with van der Waals surface area (Å²) >= 11 is 7.72. The Morgan fingerprint density at radius 3 is 2.69 bits per heavy atom. The standard InChI is InChI=1S/C27H21ClN4O2S/c28-22-10-4-2-8-19(22)16-32-24-12-6-5-11-23(24)30-27(32)35-17-26(34)31-29-15-21-20-9-3-1-7-18(20)13-14-25(21)33/h1-15,33H,16-17H2,(H,31,34). The van der Waals surface area contributed by atoms with Gasteiger partial charge < -0.3 is 9.67 Å². The second kappa shape index (κ2) is 10.2. The van der Waals surface area contributed by atoms with Crippen molar-refractivity contribution in [3.05, 3.63) is 101 Å². The van der Waals surface area contributed by atoms with Crippen molar-refractivity contribution in [2.24, 2.45) is 5.10 Å². The zero-order valence-corrected chi connectivity index (χ0v) is 20.1. The second-order valence-electron chi connectivity index (χ2n) is 7.86. The van der Waals surface area contributed by atoms with Crippen molar-refractivity contribution in [2.45, 2.75) is 11.7 Å². The number of phenolic OH excluding ortho intramolecular Hbond substituents is 1. The van der Waals surface area contributed by atoms with Crippen LogP contribution in [0.3, 0.4) is 0 Å². The first-order valence-electron chi connectivity index (χ1n) is 10.9. The van der Waals surface area contributed by atoms with Crippen molar-refractivity contribution >= 4 is 57.3 Å². The Balaban J connectivity index is 1.31. The summed E-state index contributed by atoms with van der Waals surface area (Å²) in [6.45, 7) is 0.544. The number of hydrogen-bond acceptors (Lipinski definition) is 5. The molecule has 1 heterocycles. The molecule has 0 radical (unpaired) electrons. The van der Waals surface area contributed by atoms with E-state index in [1.807, 2.05) is 78.9 Å². The molecule has 35 heavy (non-hydrogen) atoms. The van der Waals surface area contributed by atoms with Crippen LogP contribution >= 0.6 is 23.4 Å². The number of carbonyl (C=O) groups excluding carboxylic acids is 1. The average molecular weight is 501 g/mol. The van der Waals surface area contributed by atoms with Crippen molar-refractivity contribution in [3.63, 3.8) is 0 Å². The highest BCUT2D eigenvalue weighted by atomic mass is 35.5. The molecule has 0 spiro atoms. The van der Waals surface area contributed by atoms with Crippen LogP contribution in [0.25, 0.3) is 21.8 Å². The first-order chi connectivity index (χ1) is 17.1. The SMILES string of the molecule is O=C(CSc1nc2ccccc2n1Cc1ccccc1Cl)NN=Cc1c(O)ccc2ccccc12. The number of phenols is 1. The van der Waals surface area contributed by atoms with Crippen LogP contribution in [0.2, 0.25) is 5.02 Å². The first kappa shape index (κ1) is 23.0. The number of para-hydroxylation sites is 2. The fraction of sp³-hybridized carbons (Fsp3) is 0.0741. The molecule has 1 aromatic heterocycles.